The molecule has 2 atom stereocenters. The van der Waals surface area contributed by atoms with Crippen LogP contribution in [-0.2, 0) is 14.3 Å². The van der Waals surface area contributed by atoms with Gasteiger partial charge in [-0.05, 0) is 37.5 Å². The standard InChI is InChI=1S/C16H25NO4/c18-14(19)5-8-17(11-6-9-21-10-7-11)16(20)15-12-3-1-2-4-13(12)15/h11-13,15H,1-10H2,(H,18,19). The summed E-state index contributed by atoms with van der Waals surface area (Å²) >= 11 is 0. The van der Waals surface area contributed by atoms with E-state index in [1.165, 1.54) is 25.7 Å². The van der Waals surface area contributed by atoms with Crippen molar-refractivity contribution in [2.75, 3.05) is 19.8 Å². The van der Waals surface area contributed by atoms with Crippen LogP contribution in [0.1, 0.15) is 44.9 Å². The SMILES string of the molecule is O=C(O)CCN(C(=O)C1C2CCCCC21)C1CCOCC1. The molecule has 0 aromatic heterocycles. The number of carbonyl (C=O) groups is 2. The van der Waals surface area contributed by atoms with Gasteiger partial charge in [0, 0.05) is 31.7 Å². The summed E-state index contributed by atoms with van der Waals surface area (Å²) in [5, 5.41) is 8.94. The Bertz CT molecular complexity index is 393. The molecule has 1 saturated heterocycles. The average molecular weight is 295 g/mol. The maximum absolute atomic E-state index is 12.9. The van der Waals surface area contributed by atoms with Gasteiger partial charge in [-0.1, -0.05) is 12.8 Å². The maximum atomic E-state index is 12.9. The van der Waals surface area contributed by atoms with Gasteiger partial charge >= 0.3 is 5.97 Å². The van der Waals surface area contributed by atoms with Crippen LogP contribution in [0.15, 0.2) is 0 Å². The zero-order chi connectivity index (χ0) is 14.8. The van der Waals surface area contributed by atoms with E-state index in [-0.39, 0.29) is 24.3 Å². The fraction of sp³-hybridized carbons (Fsp3) is 0.875. The number of carbonyl (C=O) groups excluding carboxylic acids is 1. The molecule has 5 nitrogen and oxygen atoms in total. The molecule has 1 N–H and O–H groups in total. The number of ether oxygens (including phenoxy) is 1. The molecule has 2 aliphatic carbocycles. The molecule has 0 aromatic rings. The smallest absolute Gasteiger partial charge is 0.305 e. The molecule has 0 bridgehead atoms. The number of fused-ring (bicyclic) bond motifs is 1. The predicted molar refractivity (Wildman–Crippen MR) is 76.7 cm³/mol. The molecule has 118 valence electrons. The fourth-order valence-electron chi connectivity index (χ4n) is 4.24. The normalized spacial score (nSPS) is 32.3. The number of carboxylic acid groups (broad SMARTS) is 1. The van der Waals surface area contributed by atoms with Crippen LogP contribution in [0.2, 0.25) is 0 Å². The molecule has 5 heteroatoms. The van der Waals surface area contributed by atoms with Crippen molar-refractivity contribution >= 4 is 11.9 Å². The van der Waals surface area contributed by atoms with E-state index in [0.29, 0.717) is 31.6 Å². The van der Waals surface area contributed by atoms with Gasteiger partial charge in [0.2, 0.25) is 5.91 Å². The third-order valence-corrected chi connectivity index (χ3v) is 5.42. The van der Waals surface area contributed by atoms with E-state index < -0.39 is 5.97 Å². The van der Waals surface area contributed by atoms with E-state index in [2.05, 4.69) is 0 Å². The summed E-state index contributed by atoms with van der Waals surface area (Å²) < 4.78 is 5.37. The number of carboxylic acids is 1. The summed E-state index contributed by atoms with van der Waals surface area (Å²) in [5.41, 5.74) is 0. The molecular weight excluding hydrogens is 270 g/mol. The fourth-order valence-corrected chi connectivity index (χ4v) is 4.24. The Labute approximate surface area is 125 Å². The topological polar surface area (TPSA) is 66.8 Å². The second kappa shape index (κ2) is 6.34. The number of aliphatic carboxylic acids is 1. The van der Waals surface area contributed by atoms with Crippen molar-refractivity contribution in [1.29, 1.82) is 0 Å². The summed E-state index contributed by atoms with van der Waals surface area (Å²) in [5.74, 6) is 0.745. The van der Waals surface area contributed by atoms with Crippen LogP contribution in [0.5, 0.6) is 0 Å². The molecule has 2 saturated carbocycles. The maximum Gasteiger partial charge on any atom is 0.305 e. The second-order valence-corrected chi connectivity index (χ2v) is 6.66. The van der Waals surface area contributed by atoms with Crippen LogP contribution in [-0.4, -0.2) is 47.7 Å². The summed E-state index contributed by atoms with van der Waals surface area (Å²) in [7, 11) is 0. The Kier molecular flexibility index (Phi) is 4.48. The lowest BCUT2D eigenvalue weighted by molar-refractivity contribution is -0.141. The summed E-state index contributed by atoms with van der Waals surface area (Å²) in [4.78, 5) is 25.6. The van der Waals surface area contributed by atoms with Crippen molar-refractivity contribution in [3.63, 3.8) is 0 Å². The van der Waals surface area contributed by atoms with E-state index in [0.717, 1.165) is 12.8 Å². The van der Waals surface area contributed by atoms with Crippen LogP contribution in [0.3, 0.4) is 0 Å². The molecule has 21 heavy (non-hydrogen) atoms. The molecule has 2 unspecified atom stereocenters. The highest BCUT2D eigenvalue weighted by Gasteiger charge is 2.56. The number of hydrogen-bond donors (Lipinski definition) is 1. The lowest BCUT2D eigenvalue weighted by atomic mass is 10.0. The van der Waals surface area contributed by atoms with Crippen LogP contribution in [0, 0.1) is 17.8 Å². The van der Waals surface area contributed by atoms with Crippen LogP contribution < -0.4 is 0 Å². The quantitative estimate of drug-likeness (QED) is 0.841. The summed E-state index contributed by atoms with van der Waals surface area (Å²) in [6.45, 7) is 1.72. The summed E-state index contributed by atoms with van der Waals surface area (Å²) in [6, 6.07) is 0.174. The van der Waals surface area contributed by atoms with Gasteiger partial charge in [0.05, 0.1) is 6.42 Å². The Balaban J connectivity index is 1.65. The first kappa shape index (κ1) is 14.8. The van der Waals surface area contributed by atoms with Gasteiger partial charge in [-0.25, -0.2) is 0 Å². The van der Waals surface area contributed by atoms with Gasteiger partial charge in [-0.2, -0.15) is 0 Å². The first-order valence-corrected chi connectivity index (χ1v) is 8.28. The lowest BCUT2D eigenvalue weighted by Crippen LogP contribution is -2.45. The first-order chi connectivity index (χ1) is 10.2. The van der Waals surface area contributed by atoms with Crippen molar-refractivity contribution in [3.05, 3.63) is 0 Å². The Hall–Kier alpha value is -1.10. The van der Waals surface area contributed by atoms with Crippen molar-refractivity contribution in [2.24, 2.45) is 17.8 Å². The first-order valence-electron chi connectivity index (χ1n) is 8.28. The van der Waals surface area contributed by atoms with Gasteiger partial charge in [-0.15, -0.1) is 0 Å². The number of nitrogens with zero attached hydrogens (tertiary/aromatic N) is 1. The lowest BCUT2D eigenvalue weighted by Gasteiger charge is -2.34. The van der Waals surface area contributed by atoms with Crippen LogP contribution in [0.4, 0.5) is 0 Å². The zero-order valence-electron chi connectivity index (χ0n) is 12.5. The van der Waals surface area contributed by atoms with E-state index in [1.807, 2.05) is 4.90 Å². The molecule has 0 radical (unpaired) electrons. The Morgan fingerprint density at radius 1 is 1.05 bits per heavy atom. The Morgan fingerprint density at radius 3 is 2.24 bits per heavy atom. The minimum atomic E-state index is -0.826. The van der Waals surface area contributed by atoms with Crippen molar-refractivity contribution < 1.29 is 19.4 Å². The molecule has 0 spiro atoms. The highest BCUT2D eigenvalue weighted by Crippen LogP contribution is 2.56. The third kappa shape index (κ3) is 3.23. The van der Waals surface area contributed by atoms with E-state index >= 15 is 0 Å². The molecule has 0 aromatic carbocycles. The number of rotatable bonds is 5. The van der Waals surface area contributed by atoms with Crippen LogP contribution in [0.25, 0.3) is 0 Å². The molecule has 3 rings (SSSR count). The van der Waals surface area contributed by atoms with Crippen molar-refractivity contribution in [2.45, 2.75) is 51.0 Å². The van der Waals surface area contributed by atoms with E-state index in [9.17, 15) is 9.59 Å². The molecule has 3 aliphatic rings. The number of amides is 1. The van der Waals surface area contributed by atoms with Crippen molar-refractivity contribution in [1.82, 2.24) is 4.90 Å². The second-order valence-electron chi connectivity index (χ2n) is 6.66. The molecule has 1 amide bonds. The predicted octanol–water partition coefficient (Wildman–Crippen LogP) is 1.90. The van der Waals surface area contributed by atoms with Gasteiger partial charge in [-0.3, -0.25) is 9.59 Å². The highest BCUT2D eigenvalue weighted by atomic mass is 16.5. The monoisotopic (exact) mass is 295 g/mol. The largest absolute Gasteiger partial charge is 0.481 e. The van der Waals surface area contributed by atoms with Gasteiger partial charge in [0.25, 0.3) is 0 Å². The molecule has 1 heterocycles. The minimum absolute atomic E-state index is 0.0468. The Morgan fingerprint density at radius 2 is 1.67 bits per heavy atom. The summed E-state index contributed by atoms with van der Waals surface area (Å²) in [6.07, 6.45) is 6.59. The van der Waals surface area contributed by atoms with E-state index in [4.69, 9.17) is 9.84 Å². The van der Waals surface area contributed by atoms with Crippen LogP contribution >= 0.6 is 0 Å². The minimum Gasteiger partial charge on any atom is -0.481 e. The van der Waals surface area contributed by atoms with Gasteiger partial charge in [0.1, 0.15) is 0 Å². The number of hydrogen-bond acceptors (Lipinski definition) is 3. The molecular formula is C16H25NO4. The molecule has 1 aliphatic heterocycles. The highest BCUT2D eigenvalue weighted by molar-refractivity contribution is 5.83. The zero-order valence-corrected chi connectivity index (χ0v) is 12.5. The van der Waals surface area contributed by atoms with Crippen molar-refractivity contribution in [3.8, 4) is 0 Å². The third-order valence-electron chi connectivity index (χ3n) is 5.42. The van der Waals surface area contributed by atoms with E-state index in [1.54, 1.807) is 0 Å². The van der Waals surface area contributed by atoms with Gasteiger partial charge < -0.3 is 14.7 Å². The average Bonchev–Trinajstić information content (AvgIpc) is 3.22. The molecule has 3 fully saturated rings. The van der Waals surface area contributed by atoms with Gasteiger partial charge in [0.15, 0.2) is 0 Å².